The molecule has 0 amide bonds. The van der Waals surface area contributed by atoms with Gasteiger partial charge in [-0.15, -0.1) is 0 Å². The van der Waals surface area contributed by atoms with Gasteiger partial charge in [0, 0.05) is 5.56 Å². The quantitative estimate of drug-likeness (QED) is 0.831. The van der Waals surface area contributed by atoms with Crippen LogP contribution in [0.25, 0.3) is 0 Å². The first-order valence-corrected chi connectivity index (χ1v) is 5.48. The van der Waals surface area contributed by atoms with Gasteiger partial charge in [-0.1, -0.05) is 17.7 Å². The highest BCUT2D eigenvalue weighted by atomic mass is 35.5. The predicted molar refractivity (Wildman–Crippen MR) is 62.4 cm³/mol. The average molecular weight is 254 g/mol. The lowest BCUT2D eigenvalue weighted by Crippen LogP contribution is -2.10. The number of halogens is 1. The molecule has 0 bridgehead atoms. The number of hydrogen-bond acceptors (Lipinski definition) is 4. The van der Waals surface area contributed by atoms with Crippen molar-refractivity contribution in [2.75, 3.05) is 6.61 Å². The van der Waals surface area contributed by atoms with E-state index in [1.54, 1.807) is 13.0 Å². The minimum Gasteiger partial charge on any atom is -0.466 e. The second-order valence-corrected chi connectivity index (χ2v) is 3.72. The van der Waals surface area contributed by atoms with Gasteiger partial charge in [-0.3, -0.25) is 4.79 Å². The number of hydrogen-bond donors (Lipinski definition) is 1. The highest BCUT2D eigenvalue weighted by molar-refractivity contribution is 6.31. The fraction of sp³-hybridized carbons (Fsp3) is 0.333. The Morgan fingerprint density at radius 3 is 2.82 bits per heavy atom. The maximum absolute atomic E-state index is 11.3. The largest absolute Gasteiger partial charge is 0.466 e. The van der Waals surface area contributed by atoms with Gasteiger partial charge in [0.05, 0.1) is 30.2 Å². The molecule has 0 heterocycles. The number of ether oxygens (including phenoxy) is 1. The second kappa shape index (κ2) is 6.24. The maximum atomic E-state index is 11.3. The van der Waals surface area contributed by atoms with E-state index in [1.807, 2.05) is 6.07 Å². The van der Waals surface area contributed by atoms with Crippen LogP contribution in [0.2, 0.25) is 5.02 Å². The van der Waals surface area contributed by atoms with Crippen LogP contribution < -0.4 is 0 Å². The van der Waals surface area contributed by atoms with Gasteiger partial charge in [-0.05, 0) is 18.6 Å². The van der Waals surface area contributed by atoms with Crippen LogP contribution in [0, 0.1) is 11.3 Å². The molecule has 0 atom stereocenters. The fourth-order valence-corrected chi connectivity index (χ4v) is 1.72. The van der Waals surface area contributed by atoms with E-state index >= 15 is 0 Å². The summed E-state index contributed by atoms with van der Waals surface area (Å²) in [5.41, 5.74) is 1.15. The number of nitriles is 1. The molecule has 1 N–H and O–H groups in total. The highest BCUT2D eigenvalue weighted by Crippen LogP contribution is 2.23. The average Bonchev–Trinajstić information content (AvgIpc) is 2.31. The third-order valence-electron chi connectivity index (χ3n) is 2.27. The van der Waals surface area contributed by atoms with E-state index in [1.165, 1.54) is 6.07 Å². The van der Waals surface area contributed by atoms with Crippen LogP contribution in [0.1, 0.15) is 23.6 Å². The molecular formula is C12H12ClNO3. The third-order valence-corrected chi connectivity index (χ3v) is 2.58. The van der Waals surface area contributed by atoms with Gasteiger partial charge < -0.3 is 9.84 Å². The van der Waals surface area contributed by atoms with Crippen LogP contribution in [0.3, 0.4) is 0 Å². The van der Waals surface area contributed by atoms with Crippen LogP contribution in [-0.2, 0) is 22.6 Å². The van der Waals surface area contributed by atoms with E-state index in [-0.39, 0.29) is 23.6 Å². The molecule has 0 aliphatic carbocycles. The molecule has 5 heteroatoms. The molecule has 0 radical (unpaired) electrons. The molecule has 0 aliphatic rings. The summed E-state index contributed by atoms with van der Waals surface area (Å²) in [4.78, 5) is 11.3. The Morgan fingerprint density at radius 1 is 1.59 bits per heavy atom. The monoisotopic (exact) mass is 253 g/mol. The van der Waals surface area contributed by atoms with E-state index < -0.39 is 5.97 Å². The minimum absolute atomic E-state index is 0.0234. The maximum Gasteiger partial charge on any atom is 0.310 e. The Bertz CT molecular complexity index is 466. The Kier molecular flexibility index (Phi) is 4.95. The van der Waals surface area contributed by atoms with Crippen molar-refractivity contribution in [1.82, 2.24) is 0 Å². The smallest absolute Gasteiger partial charge is 0.310 e. The molecule has 0 saturated carbocycles. The molecule has 1 aromatic rings. The van der Waals surface area contributed by atoms with Crippen LogP contribution in [0.4, 0.5) is 0 Å². The number of aliphatic hydroxyl groups is 1. The molecule has 90 valence electrons. The van der Waals surface area contributed by atoms with Gasteiger partial charge in [0.15, 0.2) is 0 Å². The van der Waals surface area contributed by atoms with Crippen molar-refractivity contribution in [3.05, 3.63) is 33.8 Å². The summed E-state index contributed by atoms with van der Waals surface area (Å²) in [6.07, 6.45) is 0.0234. The molecular weight excluding hydrogens is 242 g/mol. The molecule has 1 rings (SSSR count). The van der Waals surface area contributed by atoms with Crippen LogP contribution in [0.5, 0.6) is 0 Å². The summed E-state index contributed by atoms with van der Waals surface area (Å²) in [5.74, 6) is -0.395. The first-order valence-electron chi connectivity index (χ1n) is 5.10. The summed E-state index contributed by atoms with van der Waals surface area (Å²) < 4.78 is 4.81. The van der Waals surface area contributed by atoms with Crippen molar-refractivity contribution in [2.45, 2.75) is 20.0 Å². The van der Waals surface area contributed by atoms with Crippen LogP contribution in [0.15, 0.2) is 12.1 Å². The van der Waals surface area contributed by atoms with E-state index in [4.69, 9.17) is 21.6 Å². The Hall–Kier alpha value is -1.57. The zero-order valence-electron chi connectivity index (χ0n) is 9.36. The molecule has 0 saturated heterocycles. The Morgan fingerprint density at radius 2 is 2.29 bits per heavy atom. The van der Waals surface area contributed by atoms with Gasteiger partial charge in [-0.25, -0.2) is 0 Å². The van der Waals surface area contributed by atoms with Crippen LogP contribution >= 0.6 is 11.6 Å². The SMILES string of the molecule is CCOC(=O)Cc1ccc(Cl)c(C#N)c1CO. The summed E-state index contributed by atoms with van der Waals surface area (Å²) in [7, 11) is 0. The van der Waals surface area contributed by atoms with Crippen molar-refractivity contribution < 1.29 is 14.6 Å². The zero-order valence-corrected chi connectivity index (χ0v) is 10.1. The molecule has 17 heavy (non-hydrogen) atoms. The first-order chi connectivity index (χ1) is 8.13. The predicted octanol–water partition coefficient (Wildman–Crippen LogP) is 1.81. The number of carbonyl (C=O) groups excluding carboxylic acids is 1. The highest BCUT2D eigenvalue weighted by Gasteiger charge is 2.14. The van der Waals surface area contributed by atoms with Crippen molar-refractivity contribution in [3.63, 3.8) is 0 Å². The van der Waals surface area contributed by atoms with E-state index in [9.17, 15) is 9.90 Å². The standard InChI is InChI=1S/C12H12ClNO3/c1-2-17-12(16)5-8-3-4-11(13)9(6-14)10(8)7-15/h3-4,15H,2,5,7H2,1H3. The number of nitrogens with zero attached hydrogens (tertiary/aromatic N) is 1. The summed E-state index contributed by atoms with van der Waals surface area (Å²) in [5, 5.41) is 18.4. The van der Waals surface area contributed by atoms with E-state index in [0.29, 0.717) is 17.7 Å². The summed E-state index contributed by atoms with van der Waals surface area (Å²) >= 11 is 5.83. The molecule has 0 fully saturated rings. The van der Waals surface area contributed by atoms with Gasteiger partial charge in [0.1, 0.15) is 6.07 Å². The molecule has 0 aliphatic heterocycles. The lowest BCUT2D eigenvalue weighted by atomic mass is 10.00. The van der Waals surface area contributed by atoms with Crippen molar-refractivity contribution in [3.8, 4) is 6.07 Å². The van der Waals surface area contributed by atoms with Crippen molar-refractivity contribution >= 4 is 17.6 Å². The van der Waals surface area contributed by atoms with Gasteiger partial charge in [0.2, 0.25) is 0 Å². The zero-order chi connectivity index (χ0) is 12.8. The lowest BCUT2D eigenvalue weighted by molar-refractivity contribution is -0.142. The van der Waals surface area contributed by atoms with E-state index in [2.05, 4.69) is 0 Å². The number of aliphatic hydroxyl groups excluding tert-OH is 1. The topological polar surface area (TPSA) is 70.3 Å². The third kappa shape index (κ3) is 3.19. The fourth-order valence-electron chi connectivity index (χ4n) is 1.50. The van der Waals surface area contributed by atoms with Crippen LogP contribution in [-0.4, -0.2) is 17.7 Å². The summed E-state index contributed by atoms with van der Waals surface area (Å²) in [6, 6.07) is 5.07. The lowest BCUT2D eigenvalue weighted by Gasteiger charge is -2.09. The Labute approximate surface area is 104 Å². The van der Waals surface area contributed by atoms with Gasteiger partial charge >= 0.3 is 5.97 Å². The second-order valence-electron chi connectivity index (χ2n) is 3.31. The van der Waals surface area contributed by atoms with Crippen molar-refractivity contribution in [1.29, 1.82) is 5.26 Å². The molecule has 0 aromatic heterocycles. The number of esters is 1. The Balaban J connectivity index is 3.09. The number of benzene rings is 1. The minimum atomic E-state index is -0.395. The molecule has 4 nitrogen and oxygen atoms in total. The van der Waals surface area contributed by atoms with Gasteiger partial charge in [0.25, 0.3) is 0 Å². The van der Waals surface area contributed by atoms with E-state index in [0.717, 1.165) is 0 Å². The van der Waals surface area contributed by atoms with Crippen molar-refractivity contribution in [2.24, 2.45) is 0 Å². The molecule has 1 aromatic carbocycles. The normalized spacial score (nSPS) is 9.76. The molecule has 0 unspecified atom stereocenters. The molecule has 0 spiro atoms. The first kappa shape index (κ1) is 13.5. The summed E-state index contributed by atoms with van der Waals surface area (Å²) in [6.45, 7) is 1.68. The number of rotatable bonds is 4. The van der Waals surface area contributed by atoms with Gasteiger partial charge in [-0.2, -0.15) is 5.26 Å². The number of carbonyl (C=O) groups is 1.